The van der Waals surface area contributed by atoms with Crippen molar-refractivity contribution in [1.82, 2.24) is 15.2 Å². The van der Waals surface area contributed by atoms with Crippen molar-refractivity contribution in [3.8, 4) is 0 Å². The number of nitrogens with one attached hydrogen (secondary N) is 3. The van der Waals surface area contributed by atoms with Crippen molar-refractivity contribution in [1.29, 1.82) is 0 Å². The van der Waals surface area contributed by atoms with E-state index in [9.17, 15) is 9.59 Å². The summed E-state index contributed by atoms with van der Waals surface area (Å²) >= 11 is 0. The van der Waals surface area contributed by atoms with Crippen LogP contribution in [0.25, 0.3) is 0 Å². The largest absolute Gasteiger partial charge is 0.326 e. The van der Waals surface area contributed by atoms with Gasteiger partial charge in [-0.15, -0.1) is 0 Å². The first-order valence-corrected chi connectivity index (χ1v) is 6.76. The van der Waals surface area contributed by atoms with Gasteiger partial charge >= 0.3 is 0 Å². The molecule has 3 N–H and O–H groups in total. The molecule has 0 aliphatic carbocycles. The van der Waals surface area contributed by atoms with Crippen LogP contribution >= 0.6 is 0 Å². The molecule has 0 spiro atoms. The van der Waals surface area contributed by atoms with Crippen molar-refractivity contribution < 1.29 is 9.59 Å². The van der Waals surface area contributed by atoms with Gasteiger partial charge in [0.2, 0.25) is 17.8 Å². The number of anilines is 2. The smallest absolute Gasteiger partial charge is 0.227 e. The number of aromatic nitrogens is 3. The third kappa shape index (κ3) is 3.07. The second kappa shape index (κ2) is 5.74. The molecule has 21 heavy (non-hydrogen) atoms. The van der Waals surface area contributed by atoms with Crippen LogP contribution in [0.5, 0.6) is 0 Å². The summed E-state index contributed by atoms with van der Waals surface area (Å²) in [6.07, 6.45) is 2.75. The number of rotatable bonds is 4. The van der Waals surface area contributed by atoms with Gasteiger partial charge in [-0.05, 0) is 24.5 Å². The summed E-state index contributed by atoms with van der Waals surface area (Å²) < 4.78 is 0. The molecular formula is C14H15N5O2. The number of aromatic amines is 1. The fraction of sp³-hybridized carbons (Fsp3) is 0.286. The molecule has 3 rings (SSSR count). The van der Waals surface area contributed by atoms with Crippen molar-refractivity contribution in [2.45, 2.75) is 19.3 Å². The van der Waals surface area contributed by atoms with Crippen molar-refractivity contribution >= 4 is 23.5 Å². The van der Waals surface area contributed by atoms with Gasteiger partial charge in [-0.3, -0.25) is 14.9 Å². The summed E-state index contributed by atoms with van der Waals surface area (Å²) in [7, 11) is 0. The molecule has 0 fully saturated rings. The quantitative estimate of drug-likeness (QED) is 0.789. The number of hydrogen-bond donors (Lipinski definition) is 3. The second-order valence-electron chi connectivity index (χ2n) is 4.97. The zero-order valence-electron chi connectivity index (χ0n) is 11.3. The van der Waals surface area contributed by atoms with Gasteiger partial charge in [0, 0.05) is 18.0 Å². The maximum atomic E-state index is 12.0. The number of carbonyl (C=O) groups excluding carboxylic acids is 2. The lowest BCUT2D eigenvalue weighted by molar-refractivity contribution is -0.121. The maximum absolute atomic E-state index is 12.0. The average Bonchev–Trinajstić information content (AvgIpc) is 2.98. The van der Waals surface area contributed by atoms with E-state index in [1.807, 2.05) is 24.3 Å². The number of hydrogen-bond acceptors (Lipinski definition) is 4. The number of carbonyl (C=O) groups is 2. The van der Waals surface area contributed by atoms with Crippen LogP contribution in [-0.4, -0.2) is 27.0 Å². The van der Waals surface area contributed by atoms with Crippen molar-refractivity contribution in [2.24, 2.45) is 5.92 Å². The Bertz CT molecular complexity index is 653. The lowest BCUT2D eigenvalue weighted by atomic mass is 9.89. The third-order valence-electron chi connectivity index (χ3n) is 3.51. The molecule has 1 atom stereocenters. The minimum absolute atomic E-state index is 0.0267. The van der Waals surface area contributed by atoms with E-state index in [2.05, 4.69) is 25.8 Å². The molecule has 0 saturated carbocycles. The number of para-hydroxylation sites is 1. The van der Waals surface area contributed by atoms with E-state index in [-0.39, 0.29) is 24.2 Å². The van der Waals surface area contributed by atoms with Gasteiger partial charge in [-0.25, -0.2) is 5.10 Å². The van der Waals surface area contributed by atoms with E-state index in [0.29, 0.717) is 18.8 Å². The molecule has 1 aromatic carbocycles. The van der Waals surface area contributed by atoms with E-state index in [4.69, 9.17) is 0 Å². The zero-order chi connectivity index (χ0) is 14.7. The monoisotopic (exact) mass is 285 g/mol. The normalized spacial score (nSPS) is 17.0. The molecule has 2 aromatic rings. The highest BCUT2D eigenvalue weighted by Crippen LogP contribution is 2.27. The summed E-state index contributed by atoms with van der Waals surface area (Å²) in [5.41, 5.74) is 1.97. The fourth-order valence-corrected chi connectivity index (χ4v) is 2.41. The Kier molecular flexibility index (Phi) is 3.63. The fourth-order valence-electron chi connectivity index (χ4n) is 2.41. The Morgan fingerprint density at radius 1 is 1.38 bits per heavy atom. The predicted octanol–water partition coefficient (Wildman–Crippen LogP) is 1.33. The highest BCUT2D eigenvalue weighted by Gasteiger charge is 2.26. The zero-order valence-corrected chi connectivity index (χ0v) is 11.3. The molecule has 1 aromatic heterocycles. The molecule has 2 heterocycles. The summed E-state index contributed by atoms with van der Waals surface area (Å²) in [6.45, 7) is 0. The number of amides is 2. The molecule has 1 aliphatic rings. The number of fused-ring (bicyclic) bond motifs is 1. The Labute approximate surface area is 121 Å². The van der Waals surface area contributed by atoms with E-state index in [1.54, 1.807) is 0 Å². The first kappa shape index (κ1) is 13.3. The highest BCUT2D eigenvalue weighted by molar-refractivity contribution is 5.96. The molecule has 1 aliphatic heterocycles. The van der Waals surface area contributed by atoms with Crippen LogP contribution in [0.1, 0.15) is 18.4 Å². The summed E-state index contributed by atoms with van der Waals surface area (Å²) in [6, 6.07) is 7.73. The number of benzene rings is 1. The van der Waals surface area contributed by atoms with Crippen LogP contribution in [0, 0.1) is 5.92 Å². The first-order chi connectivity index (χ1) is 10.2. The van der Waals surface area contributed by atoms with E-state index in [0.717, 1.165) is 11.3 Å². The van der Waals surface area contributed by atoms with Crippen LogP contribution in [0.4, 0.5) is 11.6 Å². The molecule has 2 amide bonds. The Hall–Kier alpha value is -2.70. The van der Waals surface area contributed by atoms with Gasteiger partial charge < -0.3 is 5.32 Å². The minimum Gasteiger partial charge on any atom is -0.326 e. The summed E-state index contributed by atoms with van der Waals surface area (Å²) in [5.74, 6) is -0.0709. The van der Waals surface area contributed by atoms with E-state index in [1.165, 1.54) is 6.33 Å². The van der Waals surface area contributed by atoms with Crippen LogP contribution in [0.3, 0.4) is 0 Å². The Morgan fingerprint density at radius 2 is 2.24 bits per heavy atom. The van der Waals surface area contributed by atoms with E-state index >= 15 is 0 Å². The Morgan fingerprint density at radius 3 is 3.05 bits per heavy atom. The van der Waals surface area contributed by atoms with Crippen molar-refractivity contribution in [3.63, 3.8) is 0 Å². The minimum atomic E-state index is -0.182. The van der Waals surface area contributed by atoms with Gasteiger partial charge in [0.25, 0.3) is 0 Å². The SMILES string of the molecule is O=C(CCC1Cc2ccccc2NC1=O)Nc1ncn[nH]1. The predicted molar refractivity (Wildman–Crippen MR) is 76.5 cm³/mol. The van der Waals surface area contributed by atoms with Crippen LogP contribution in [0.15, 0.2) is 30.6 Å². The van der Waals surface area contributed by atoms with Crippen molar-refractivity contribution in [2.75, 3.05) is 10.6 Å². The third-order valence-corrected chi connectivity index (χ3v) is 3.51. The molecule has 0 bridgehead atoms. The average molecular weight is 285 g/mol. The topological polar surface area (TPSA) is 99.8 Å². The van der Waals surface area contributed by atoms with Gasteiger partial charge in [0.1, 0.15) is 6.33 Å². The molecular weight excluding hydrogens is 270 g/mol. The maximum Gasteiger partial charge on any atom is 0.227 e. The molecule has 7 heteroatoms. The van der Waals surface area contributed by atoms with Crippen LogP contribution in [0.2, 0.25) is 0 Å². The molecule has 7 nitrogen and oxygen atoms in total. The van der Waals surface area contributed by atoms with Gasteiger partial charge in [0.15, 0.2) is 0 Å². The number of nitrogens with zero attached hydrogens (tertiary/aromatic N) is 2. The van der Waals surface area contributed by atoms with Gasteiger partial charge in [-0.1, -0.05) is 18.2 Å². The lowest BCUT2D eigenvalue weighted by Crippen LogP contribution is -2.30. The van der Waals surface area contributed by atoms with E-state index < -0.39 is 0 Å². The van der Waals surface area contributed by atoms with Crippen LogP contribution in [-0.2, 0) is 16.0 Å². The molecule has 0 saturated heterocycles. The van der Waals surface area contributed by atoms with Gasteiger partial charge in [0.05, 0.1) is 0 Å². The lowest BCUT2D eigenvalue weighted by Gasteiger charge is -2.24. The second-order valence-corrected chi connectivity index (χ2v) is 4.97. The molecule has 0 radical (unpaired) electrons. The summed E-state index contributed by atoms with van der Waals surface area (Å²) in [4.78, 5) is 27.6. The summed E-state index contributed by atoms with van der Waals surface area (Å²) in [5, 5.41) is 11.7. The highest BCUT2D eigenvalue weighted by atomic mass is 16.2. The standard InChI is InChI=1S/C14H15N5O2/c20-12(18-14-15-8-16-19-14)6-5-10-7-9-3-1-2-4-11(9)17-13(10)21/h1-4,8,10H,5-7H2,(H,17,21)(H2,15,16,18,19,20). The van der Waals surface area contributed by atoms with Crippen LogP contribution < -0.4 is 10.6 Å². The van der Waals surface area contributed by atoms with Crippen molar-refractivity contribution in [3.05, 3.63) is 36.2 Å². The molecule has 108 valence electrons. The molecule has 1 unspecified atom stereocenters. The number of H-pyrrole nitrogens is 1. The van der Waals surface area contributed by atoms with Gasteiger partial charge in [-0.2, -0.15) is 10.1 Å². The Balaban J connectivity index is 1.56. The first-order valence-electron chi connectivity index (χ1n) is 6.76.